The van der Waals surface area contributed by atoms with Crippen molar-refractivity contribution in [2.45, 2.75) is 71.9 Å². The third-order valence-corrected chi connectivity index (χ3v) is 5.54. The topological polar surface area (TPSA) is 38.3 Å². The maximum atomic E-state index is 12.6. The number of benzene rings is 2. The van der Waals surface area contributed by atoms with Crippen molar-refractivity contribution in [2.24, 2.45) is 0 Å². The van der Waals surface area contributed by atoms with Crippen molar-refractivity contribution in [2.75, 3.05) is 0 Å². The van der Waals surface area contributed by atoms with Gasteiger partial charge in [-0.25, -0.2) is 0 Å². The monoisotopic (exact) mass is 365 g/mol. The van der Waals surface area contributed by atoms with E-state index in [4.69, 9.17) is 4.74 Å². The summed E-state index contributed by atoms with van der Waals surface area (Å²) in [6, 6.07) is 12.8. The molecule has 2 aromatic carbocycles. The number of hydrogen-bond donors (Lipinski definition) is 1. The third kappa shape index (κ3) is 4.71. The molecule has 144 valence electrons. The van der Waals surface area contributed by atoms with Crippen LogP contribution >= 0.6 is 0 Å². The summed E-state index contributed by atoms with van der Waals surface area (Å²) in [4.78, 5) is 12.6. The summed E-state index contributed by atoms with van der Waals surface area (Å²) in [6.45, 7) is 6.69. The van der Waals surface area contributed by atoms with Crippen LogP contribution in [0.15, 0.2) is 36.4 Å². The lowest BCUT2D eigenvalue weighted by atomic mass is 9.91. The van der Waals surface area contributed by atoms with Gasteiger partial charge in [-0.1, -0.05) is 44.2 Å². The summed E-state index contributed by atoms with van der Waals surface area (Å²) >= 11 is 0. The smallest absolute Gasteiger partial charge is 0.261 e. The van der Waals surface area contributed by atoms with E-state index in [9.17, 15) is 4.79 Å². The van der Waals surface area contributed by atoms with E-state index in [1.807, 2.05) is 19.1 Å². The maximum absolute atomic E-state index is 12.6. The lowest BCUT2D eigenvalue weighted by molar-refractivity contribution is -0.127. The highest BCUT2D eigenvalue weighted by atomic mass is 16.5. The quantitative estimate of drug-likeness (QED) is 0.767. The third-order valence-electron chi connectivity index (χ3n) is 5.54. The molecule has 3 rings (SSSR count). The second kappa shape index (κ2) is 9.07. The molecular formula is C24H31NO2. The van der Waals surface area contributed by atoms with Crippen LogP contribution in [0, 0.1) is 0 Å². The van der Waals surface area contributed by atoms with Crippen molar-refractivity contribution >= 4 is 5.91 Å². The predicted octanol–water partition coefficient (Wildman–Crippen LogP) is 4.77. The van der Waals surface area contributed by atoms with E-state index in [1.54, 1.807) is 0 Å². The van der Waals surface area contributed by atoms with Crippen LogP contribution in [0.2, 0.25) is 0 Å². The standard InChI is InChI=1S/C24H31NO2/c1-4-18-13-14-19(5-2)21(15-18)16-25-24(26)17(3)27-23-12-8-10-20-9-6-7-11-22(20)23/h8,10,12-15,17H,4-7,9,11,16H2,1-3H3,(H,25,26)/t17-/m1/s1. The predicted molar refractivity (Wildman–Crippen MR) is 110 cm³/mol. The lowest BCUT2D eigenvalue weighted by Crippen LogP contribution is -2.36. The first kappa shape index (κ1) is 19.5. The molecule has 3 nitrogen and oxygen atoms in total. The zero-order chi connectivity index (χ0) is 19.2. The molecule has 1 amide bonds. The van der Waals surface area contributed by atoms with Gasteiger partial charge in [0.1, 0.15) is 5.75 Å². The molecule has 27 heavy (non-hydrogen) atoms. The average molecular weight is 366 g/mol. The first-order valence-corrected chi connectivity index (χ1v) is 10.3. The molecule has 0 saturated heterocycles. The summed E-state index contributed by atoms with van der Waals surface area (Å²) in [5.74, 6) is 0.810. The summed E-state index contributed by atoms with van der Waals surface area (Å²) in [5.41, 5.74) is 6.45. The maximum Gasteiger partial charge on any atom is 0.261 e. The minimum absolute atomic E-state index is 0.0626. The van der Waals surface area contributed by atoms with Gasteiger partial charge in [-0.05, 0) is 79.3 Å². The molecule has 0 fully saturated rings. The van der Waals surface area contributed by atoms with Gasteiger partial charge in [-0.3, -0.25) is 4.79 Å². The van der Waals surface area contributed by atoms with Gasteiger partial charge >= 0.3 is 0 Å². The van der Waals surface area contributed by atoms with E-state index in [0.29, 0.717) is 6.54 Å². The highest BCUT2D eigenvalue weighted by Gasteiger charge is 2.19. The van der Waals surface area contributed by atoms with E-state index in [-0.39, 0.29) is 5.91 Å². The van der Waals surface area contributed by atoms with Gasteiger partial charge in [0.25, 0.3) is 5.91 Å². The minimum atomic E-state index is -0.502. The number of carbonyl (C=O) groups excluding carboxylic acids is 1. The second-order valence-electron chi connectivity index (χ2n) is 7.39. The van der Waals surface area contributed by atoms with Crippen LogP contribution in [0.1, 0.15) is 61.4 Å². The van der Waals surface area contributed by atoms with Gasteiger partial charge in [-0.15, -0.1) is 0 Å². The van der Waals surface area contributed by atoms with E-state index >= 15 is 0 Å². The molecule has 2 aromatic rings. The number of nitrogens with one attached hydrogen (secondary N) is 1. The van der Waals surface area contributed by atoms with Crippen molar-refractivity contribution < 1.29 is 9.53 Å². The first-order valence-electron chi connectivity index (χ1n) is 10.3. The fraction of sp³-hybridized carbons (Fsp3) is 0.458. The fourth-order valence-corrected chi connectivity index (χ4v) is 3.84. The summed E-state index contributed by atoms with van der Waals surface area (Å²) in [7, 11) is 0. The second-order valence-corrected chi connectivity index (χ2v) is 7.39. The van der Waals surface area contributed by atoms with Crippen molar-refractivity contribution in [3.8, 4) is 5.75 Å². The summed E-state index contributed by atoms with van der Waals surface area (Å²) in [5, 5.41) is 3.06. The molecule has 1 aliphatic rings. The Bertz CT molecular complexity index is 797. The van der Waals surface area contributed by atoms with E-state index in [0.717, 1.165) is 31.4 Å². The Kier molecular flexibility index (Phi) is 6.54. The van der Waals surface area contributed by atoms with E-state index in [1.165, 1.54) is 40.7 Å². The molecule has 1 atom stereocenters. The summed E-state index contributed by atoms with van der Waals surface area (Å²) in [6.07, 6.45) is 6.06. The molecule has 3 heteroatoms. The van der Waals surface area contributed by atoms with Crippen LogP contribution in [0.25, 0.3) is 0 Å². The SMILES string of the molecule is CCc1ccc(CC)c(CNC(=O)[C@@H](C)Oc2cccc3c2CCCC3)c1. The van der Waals surface area contributed by atoms with Gasteiger partial charge in [0.15, 0.2) is 6.10 Å². The van der Waals surface area contributed by atoms with Gasteiger partial charge in [-0.2, -0.15) is 0 Å². The Labute approximate surface area is 163 Å². The zero-order valence-corrected chi connectivity index (χ0v) is 16.8. The largest absolute Gasteiger partial charge is 0.481 e. The fourth-order valence-electron chi connectivity index (χ4n) is 3.84. The minimum Gasteiger partial charge on any atom is -0.481 e. The van der Waals surface area contributed by atoms with Crippen molar-refractivity contribution in [3.05, 3.63) is 64.2 Å². The molecule has 1 N–H and O–H groups in total. The number of ether oxygens (including phenoxy) is 1. The van der Waals surface area contributed by atoms with Crippen LogP contribution < -0.4 is 10.1 Å². The Hall–Kier alpha value is -2.29. The Morgan fingerprint density at radius 2 is 1.89 bits per heavy atom. The van der Waals surface area contributed by atoms with Crippen molar-refractivity contribution in [3.63, 3.8) is 0 Å². The molecular weight excluding hydrogens is 334 g/mol. The van der Waals surface area contributed by atoms with Crippen LogP contribution in [-0.2, 0) is 37.0 Å². The van der Waals surface area contributed by atoms with Gasteiger partial charge in [0.2, 0.25) is 0 Å². The molecule has 0 heterocycles. The number of rotatable bonds is 7. The number of hydrogen-bond acceptors (Lipinski definition) is 2. The molecule has 0 spiro atoms. The lowest BCUT2D eigenvalue weighted by Gasteiger charge is -2.22. The molecule has 0 unspecified atom stereocenters. The molecule has 0 aromatic heterocycles. The van der Waals surface area contributed by atoms with E-state index < -0.39 is 6.10 Å². The van der Waals surface area contributed by atoms with E-state index in [2.05, 4.69) is 43.4 Å². The number of aryl methyl sites for hydroxylation is 3. The highest BCUT2D eigenvalue weighted by Crippen LogP contribution is 2.30. The highest BCUT2D eigenvalue weighted by molar-refractivity contribution is 5.80. The Morgan fingerprint density at radius 3 is 2.67 bits per heavy atom. The Balaban J connectivity index is 1.64. The van der Waals surface area contributed by atoms with Crippen LogP contribution in [0.3, 0.4) is 0 Å². The first-order chi connectivity index (χ1) is 13.1. The van der Waals surface area contributed by atoms with Gasteiger partial charge in [0, 0.05) is 6.54 Å². The Morgan fingerprint density at radius 1 is 1.07 bits per heavy atom. The zero-order valence-electron chi connectivity index (χ0n) is 16.8. The van der Waals surface area contributed by atoms with Gasteiger partial charge < -0.3 is 10.1 Å². The number of amides is 1. The number of carbonyl (C=O) groups is 1. The van der Waals surface area contributed by atoms with Crippen LogP contribution in [-0.4, -0.2) is 12.0 Å². The van der Waals surface area contributed by atoms with Crippen LogP contribution in [0.4, 0.5) is 0 Å². The van der Waals surface area contributed by atoms with Crippen molar-refractivity contribution in [1.29, 1.82) is 0 Å². The average Bonchev–Trinajstić information content (AvgIpc) is 2.71. The van der Waals surface area contributed by atoms with Crippen molar-refractivity contribution in [1.82, 2.24) is 5.32 Å². The molecule has 0 bridgehead atoms. The molecule has 0 aliphatic heterocycles. The number of fused-ring (bicyclic) bond motifs is 1. The normalized spacial score (nSPS) is 14.3. The van der Waals surface area contributed by atoms with Gasteiger partial charge in [0.05, 0.1) is 0 Å². The molecule has 1 aliphatic carbocycles. The van der Waals surface area contributed by atoms with Crippen LogP contribution in [0.5, 0.6) is 5.75 Å². The molecule has 0 saturated carbocycles. The molecule has 0 radical (unpaired) electrons. The summed E-state index contributed by atoms with van der Waals surface area (Å²) < 4.78 is 6.05.